The van der Waals surface area contributed by atoms with Gasteiger partial charge in [0.1, 0.15) is 0 Å². The Hall–Kier alpha value is -3.41. The predicted molar refractivity (Wildman–Crippen MR) is 165 cm³/mol. The summed E-state index contributed by atoms with van der Waals surface area (Å²) >= 11 is 6.11. The lowest BCUT2D eigenvalue weighted by Gasteiger charge is -2.33. The lowest BCUT2D eigenvalue weighted by Crippen LogP contribution is -2.36. The number of methoxy groups -OCH3 is 1. The Bertz CT molecular complexity index is 1740. The SMILES string of the molecule is COc1nc(CS(=O)(=O)c2ccccc2Cl)ccc1-c1cc(C(C)(F)F)c2nc(NC3CCC(N(C)C)CC3)ncc2c1. The molecule has 0 radical (unpaired) electrons. The number of nitrogens with one attached hydrogen (secondary N) is 1. The van der Waals surface area contributed by atoms with Crippen molar-refractivity contribution < 1.29 is 21.9 Å². The van der Waals surface area contributed by atoms with E-state index >= 15 is 8.78 Å². The van der Waals surface area contributed by atoms with Crippen LogP contribution < -0.4 is 10.1 Å². The first-order valence-electron chi connectivity index (χ1n) is 14.0. The molecule has 2 heterocycles. The number of hydrogen-bond acceptors (Lipinski definition) is 8. The zero-order valence-corrected chi connectivity index (χ0v) is 26.0. The van der Waals surface area contributed by atoms with Crippen molar-refractivity contribution in [1.29, 1.82) is 0 Å². The first-order chi connectivity index (χ1) is 20.4. The molecule has 43 heavy (non-hydrogen) atoms. The fourth-order valence-corrected chi connectivity index (χ4v) is 7.37. The third kappa shape index (κ3) is 6.89. The Morgan fingerprint density at radius 2 is 1.79 bits per heavy atom. The molecule has 0 amide bonds. The fourth-order valence-electron chi connectivity index (χ4n) is 5.53. The van der Waals surface area contributed by atoms with E-state index in [1.807, 2.05) is 0 Å². The zero-order chi connectivity index (χ0) is 30.9. The van der Waals surface area contributed by atoms with E-state index < -0.39 is 21.5 Å². The van der Waals surface area contributed by atoms with Gasteiger partial charge in [-0.05, 0) is 81.7 Å². The zero-order valence-electron chi connectivity index (χ0n) is 24.4. The van der Waals surface area contributed by atoms with Crippen LogP contribution in [-0.4, -0.2) is 61.6 Å². The number of nitrogens with zero attached hydrogens (tertiary/aromatic N) is 4. The van der Waals surface area contributed by atoms with Crippen molar-refractivity contribution in [1.82, 2.24) is 19.9 Å². The molecule has 1 aliphatic rings. The van der Waals surface area contributed by atoms with Gasteiger partial charge in [-0.2, -0.15) is 0 Å². The Balaban J connectivity index is 1.46. The van der Waals surface area contributed by atoms with E-state index in [-0.39, 0.29) is 38.6 Å². The third-order valence-corrected chi connectivity index (χ3v) is 9.99. The predicted octanol–water partition coefficient (Wildman–Crippen LogP) is 6.72. The van der Waals surface area contributed by atoms with Crippen LogP contribution in [0, 0.1) is 0 Å². The largest absolute Gasteiger partial charge is 0.481 e. The molecule has 0 atom stereocenters. The molecular weight excluding hydrogens is 596 g/mol. The van der Waals surface area contributed by atoms with E-state index in [4.69, 9.17) is 16.3 Å². The van der Waals surface area contributed by atoms with Gasteiger partial charge in [0, 0.05) is 41.7 Å². The standard InChI is InChI=1S/C31H34ClF2N5O3S/c1-31(33,34)25-16-19(15-20-17-35-30(38-28(20)25)37-21-9-12-23(13-10-21)39(2)3)24-14-11-22(36-29(24)42-4)18-43(40,41)27-8-6-5-7-26(27)32/h5-8,11,14-17,21,23H,9-10,12-13,18H2,1-4H3,(H,35,37,38). The van der Waals surface area contributed by atoms with Crippen LogP contribution in [0.1, 0.15) is 43.9 Å². The lowest BCUT2D eigenvalue weighted by atomic mass is 9.90. The van der Waals surface area contributed by atoms with Crippen molar-refractivity contribution in [2.75, 3.05) is 26.5 Å². The van der Waals surface area contributed by atoms with Crippen molar-refractivity contribution in [2.45, 2.75) is 61.3 Å². The van der Waals surface area contributed by atoms with E-state index in [0.717, 1.165) is 32.6 Å². The van der Waals surface area contributed by atoms with E-state index in [2.05, 4.69) is 39.3 Å². The summed E-state index contributed by atoms with van der Waals surface area (Å²) in [5.41, 5.74) is 0.967. The number of alkyl halides is 2. The minimum absolute atomic E-state index is 0.000891. The van der Waals surface area contributed by atoms with Gasteiger partial charge in [0.2, 0.25) is 11.8 Å². The summed E-state index contributed by atoms with van der Waals surface area (Å²) in [4.78, 5) is 15.6. The van der Waals surface area contributed by atoms with Crippen LogP contribution in [0.3, 0.4) is 0 Å². The molecule has 1 aliphatic carbocycles. The van der Waals surface area contributed by atoms with Crippen LogP contribution >= 0.6 is 11.6 Å². The Morgan fingerprint density at radius 1 is 1.07 bits per heavy atom. The van der Waals surface area contributed by atoms with Crippen LogP contribution in [0.15, 0.2) is 59.6 Å². The van der Waals surface area contributed by atoms with Crippen molar-refractivity contribution in [3.05, 3.63) is 71.0 Å². The average Bonchev–Trinajstić information content (AvgIpc) is 2.96. The topological polar surface area (TPSA) is 97.3 Å². The molecule has 0 saturated heterocycles. The van der Waals surface area contributed by atoms with Gasteiger partial charge in [-0.25, -0.2) is 32.2 Å². The minimum Gasteiger partial charge on any atom is -0.481 e. The monoisotopic (exact) mass is 629 g/mol. The maximum atomic E-state index is 15.0. The Labute approximate surface area is 255 Å². The minimum atomic E-state index is -3.80. The molecule has 228 valence electrons. The molecule has 5 rings (SSSR count). The molecule has 1 fully saturated rings. The highest BCUT2D eigenvalue weighted by molar-refractivity contribution is 7.90. The molecular formula is C31H34ClF2N5O3S. The van der Waals surface area contributed by atoms with Gasteiger partial charge in [0.05, 0.1) is 34.0 Å². The number of aromatic nitrogens is 3. The number of fused-ring (bicyclic) bond motifs is 1. The summed E-state index contributed by atoms with van der Waals surface area (Å²) in [7, 11) is 1.76. The fraction of sp³-hybridized carbons (Fsp3) is 0.387. The van der Waals surface area contributed by atoms with Gasteiger partial charge in [-0.1, -0.05) is 23.7 Å². The van der Waals surface area contributed by atoms with Crippen molar-refractivity contribution in [2.24, 2.45) is 0 Å². The summed E-state index contributed by atoms with van der Waals surface area (Å²) < 4.78 is 61.5. The number of ether oxygens (including phenoxy) is 1. The van der Waals surface area contributed by atoms with Crippen molar-refractivity contribution in [3.8, 4) is 17.0 Å². The van der Waals surface area contributed by atoms with Gasteiger partial charge in [0.15, 0.2) is 9.84 Å². The lowest BCUT2D eigenvalue weighted by molar-refractivity contribution is 0.0189. The average molecular weight is 630 g/mol. The highest BCUT2D eigenvalue weighted by atomic mass is 35.5. The molecule has 4 aromatic rings. The maximum absolute atomic E-state index is 15.0. The summed E-state index contributed by atoms with van der Waals surface area (Å²) in [5, 5.41) is 3.89. The van der Waals surface area contributed by atoms with Gasteiger partial charge < -0.3 is 15.0 Å². The molecule has 8 nitrogen and oxygen atoms in total. The van der Waals surface area contributed by atoms with Crippen molar-refractivity contribution >= 4 is 38.3 Å². The van der Waals surface area contributed by atoms with E-state index in [9.17, 15) is 8.42 Å². The quantitative estimate of drug-likeness (QED) is 0.218. The number of pyridine rings is 1. The molecule has 12 heteroatoms. The van der Waals surface area contributed by atoms with Gasteiger partial charge in [-0.3, -0.25) is 0 Å². The number of sulfone groups is 1. The number of halogens is 3. The van der Waals surface area contributed by atoms with Crippen LogP contribution in [0.25, 0.3) is 22.0 Å². The molecule has 0 unspecified atom stereocenters. The summed E-state index contributed by atoms with van der Waals surface area (Å²) in [6.07, 6.45) is 5.52. The second kappa shape index (κ2) is 12.3. The Morgan fingerprint density at radius 3 is 2.44 bits per heavy atom. The number of benzene rings is 2. The van der Waals surface area contributed by atoms with Crippen LogP contribution in [0.5, 0.6) is 5.88 Å². The second-order valence-corrected chi connectivity index (χ2v) is 13.6. The molecule has 1 saturated carbocycles. The summed E-state index contributed by atoms with van der Waals surface area (Å²) in [6.45, 7) is 0.835. The third-order valence-electron chi connectivity index (χ3n) is 7.85. The van der Waals surface area contributed by atoms with E-state index in [1.165, 1.54) is 31.4 Å². The summed E-state index contributed by atoms with van der Waals surface area (Å²) in [5.74, 6) is -3.19. The first kappa shape index (κ1) is 31.0. The molecule has 2 aromatic heterocycles. The van der Waals surface area contributed by atoms with Crippen LogP contribution in [0.2, 0.25) is 5.02 Å². The number of hydrogen-bond donors (Lipinski definition) is 1. The highest BCUT2D eigenvalue weighted by Crippen LogP contribution is 2.39. The molecule has 2 aromatic carbocycles. The van der Waals surface area contributed by atoms with E-state index in [0.29, 0.717) is 28.5 Å². The van der Waals surface area contributed by atoms with Crippen molar-refractivity contribution in [3.63, 3.8) is 0 Å². The molecule has 0 aliphatic heterocycles. The molecule has 1 N–H and O–H groups in total. The molecule has 0 spiro atoms. The Kier molecular flexibility index (Phi) is 8.87. The second-order valence-electron chi connectivity index (χ2n) is 11.2. The molecule has 0 bridgehead atoms. The van der Waals surface area contributed by atoms with E-state index in [1.54, 1.807) is 30.5 Å². The smallest absolute Gasteiger partial charge is 0.272 e. The highest BCUT2D eigenvalue weighted by Gasteiger charge is 2.30. The van der Waals surface area contributed by atoms with Crippen LogP contribution in [-0.2, 0) is 21.5 Å². The van der Waals surface area contributed by atoms with Gasteiger partial charge >= 0.3 is 0 Å². The summed E-state index contributed by atoms with van der Waals surface area (Å²) in [6, 6.07) is 13.1. The normalized spacial score (nSPS) is 17.8. The first-order valence-corrected chi connectivity index (χ1v) is 16.0. The van der Waals surface area contributed by atoms with Gasteiger partial charge in [0.25, 0.3) is 5.92 Å². The number of anilines is 1. The number of rotatable bonds is 9. The van der Waals surface area contributed by atoms with Crippen LogP contribution in [0.4, 0.5) is 14.7 Å². The maximum Gasteiger partial charge on any atom is 0.272 e. The van der Waals surface area contributed by atoms with Gasteiger partial charge in [-0.15, -0.1) is 0 Å².